The number of rotatable bonds is 6. The molecule has 0 saturated carbocycles. The van der Waals surface area contributed by atoms with Gasteiger partial charge in [0.25, 0.3) is 0 Å². The lowest BCUT2D eigenvalue weighted by atomic mass is 10.1. The number of hydrogen-bond donors (Lipinski definition) is 2. The fraction of sp³-hybridized carbons (Fsp3) is 0.500. The standard InChI is InChI=1S/C10H13NO2/c12-10(13)6-9(5-7-1-2-7)11-8-3-4-8/h1-3,7,9,11H,4-6H2,(H,12,13). The van der Waals surface area contributed by atoms with Crippen LogP contribution in [0, 0.1) is 5.92 Å². The van der Waals surface area contributed by atoms with E-state index in [4.69, 9.17) is 5.11 Å². The fourth-order valence-corrected chi connectivity index (χ4v) is 1.40. The molecular weight excluding hydrogens is 166 g/mol. The van der Waals surface area contributed by atoms with Gasteiger partial charge in [-0.25, -0.2) is 0 Å². The van der Waals surface area contributed by atoms with Crippen LogP contribution in [0.25, 0.3) is 0 Å². The second-order valence-electron chi connectivity index (χ2n) is 3.66. The molecule has 2 aliphatic carbocycles. The molecule has 2 aliphatic rings. The van der Waals surface area contributed by atoms with E-state index in [0.29, 0.717) is 5.92 Å². The minimum Gasteiger partial charge on any atom is -0.481 e. The highest BCUT2D eigenvalue weighted by atomic mass is 16.4. The predicted molar refractivity (Wildman–Crippen MR) is 49.1 cm³/mol. The van der Waals surface area contributed by atoms with Crippen LogP contribution in [0.15, 0.2) is 23.9 Å². The summed E-state index contributed by atoms with van der Waals surface area (Å²) < 4.78 is 0. The molecule has 0 aliphatic heterocycles. The van der Waals surface area contributed by atoms with Crippen LogP contribution in [-0.4, -0.2) is 17.1 Å². The summed E-state index contributed by atoms with van der Waals surface area (Å²) in [6.45, 7) is 0. The Morgan fingerprint density at radius 1 is 1.69 bits per heavy atom. The van der Waals surface area contributed by atoms with Crippen molar-refractivity contribution in [1.82, 2.24) is 5.32 Å². The van der Waals surface area contributed by atoms with E-state index in [0.717, 1.165) is 12.8 Å². The summed E-state index contributed by atoms with van der Waals surface area (Å²) in [4.78, 5) is 10.5. The fourth-order valence-electron chi connectivity index (χ4n) is 1.40. The molecule has 0 aromatic carbocycles. The zero-order valence-electron chi connectivity index (χ0n) is 7.36. The van der Waals surface area contributed by atoms with Crippen molar-refractivity contribution in [2.24, 2.45) is 5.92 Å². The Hall–Kier alpha value is -1.25. The third-order valence-corrected chi connectivity index (χ3v) is 2.24. The number of carboxylic acids is 1. The molecule has 0 radical (unpaired) electrons. The number of allylic oxidation sites excluding steroid dienone is 4. The maximum absolute atomic E-state index is 10.5. The zero-order valence-corrected chi connectivity index (χ0v) is 7.36. The van der Waals surface area contributed by atoms with Crippen molar-refractivity contribution in [3.8, 4) is 0 Å². The molecule has 3 heteroatoms. The molecule has 2 N–H and O–H groups in total. The Bertz CT molecular complexity index is 271. The summed E-state index contributed by atoms with van der Waals surface area (Å²) in [5.74, 6) is -0.185. The first kappa shape index (κ1) is 8.35. The summed E-state index contributed by atoms with van der Waals surface area (Å²) in [7, 11) is 0. The molecule has 13 heavy (non-hydrogen) atoms. The average Bonchev–Trinajstić information content (AvgIpc) is 2.79. The smallest absolute Gasteiger partial charge is 0.305 e. The topological polar surface area (TPSA) is 49.3 Å². The summed E-state index contributed by atoms with van der Waals surface area (Å²) in [5.41, 5.74) is 1.20. The van der Waals surface area contributed by atoms with Gasteiger partial charge in [0.15, 0.2) is 0 Å². The molecule has 70 valence electrons. The van der Waals surface area contributed by atoms with Crippen molar-refractivity contribution in [3.05, 3.63) is 23.9 Å². The maximum atomic E-state index is 10.5. The van der Waals surface area contributed by atoms with Gasteiger partial charge in [0, 0.05) is 18.2 Å². The molecule has 0 aromatic heterocycles. The second-order valence-corrected chi connectivity index (χ2v) is 3.66. The SMILES string of the molecule is O=C(O)CC(CC1C=C1)NC1=CC1. The minimum absolute atomic E-state index is 0.103. The molecule has 1 unspecified atom stereocenters. The zero-order chi connectivity index (χ0) is 9.26. The Labute approximate surface area is 77.1 Å². The summed E-state index contributed by atoms with van der Waals surface area (Å²) >= 11 is 0. The average molecular weight is 179 g/mol. The Kier molecular flexibility index (Phi) is 2.08. The van der Waals surface area contributed by atoms with Crippen LogP contribution in [0.5, 0.6) is 0 Å². The molecule has 0 amide bonds. The summed E-state index contributed by atoms with van der Waals surface area (Å²) in [6.07, 6.45) is 8.44. The van der Waals surface area contributed by atoms with Crippen LogP contribution in [-0.2, 0) is 4.79 Å². The van der Waals surface area contributed by atoms with Crippen molar-refractivity contribution in [2.75, 3.05) is 0 Å². The maximum Gasteiger partial charge on any atom is 0.305 e. The van der Waals surface area contributed by atoms with Gasteiger partial charge in [0.2, 0.25) is 0 Å². The van der Waals surface area contributed by atoms with Gasteiger partial charge in [-0.3, -0.25) is 4.79 Å². The highest BCUT2D eigenvalue weighted by molar-refractivity contribution is 5.67. The lowest BCUT2D eigenvalue weighted by Crippen LogP contribution is -2.29. The van der Waals surface area contributed by atoms with Gasteiger partial charge < -0.3 is 10.4 Å². The molecule has 0 bridgehead atoms. The molecule has 1 atom stereocenters. The van der Waals surface area contributed by atoms with Crippen LogP contribution in [0.2, 0.25) is 0 Å². The van der Waals surface area contributed by atoms with E-state index in [-0.39, 0.29) is 12.5 Å². The van der Waals surface area contributed by atoms with E-state index in [1.165, 1.54) is 5.70 Å². The van der Waals surface area contributed by atoms with E-state index in [1.54, 1.807) is 0 Å². The van der Waals surface area contributed by atoms with Crippen molar-refractivity contribution in [3.63, 3.8) is 0 Å². The lowest BCUT2D eigenvalue weighted by Gasteiger charge is -2.15. The van der Waals surface area contributed by atoms with Gasteiger partial charge in [-0.2, -0.15) is 0 Å². The molecule has 0 fully saturated rings. The van der Waals surface area contributed by atoms with Crippen LogP contribution < -0.4 is 5.32 Å². The minimum atomic E-state index is -0.723. The highest BCUT2D eigenvalue weighted by Gasteiger charge is 2.22. The lowest BCUT2D eigenvalue weighted by molar-refractivity contribution is -0.137. The van der Waals surface area contributed by atoms with E-state index >= 15 is 0 Å². The first-order valence-electron chi connectivity index (χ1n) is 4.60. The van der Waals surface area contributed by atoms with Gasteiger partial charge in [0.1, 0.15) is 0 Å². The molecule has 0 saturated heterocycles. The molecule has 0 aromatic rings. The number of carboxylic acid groups (broad SMARTS) is 1. The molecule has 0 spiro atoms. The number of nitrogens with one attached hydrogen (secondary N) is 1. The Balaban J connectivity index is 1.77. The highest BCUT2D eigenvalue weighted by Crippen LogP contribution is 2.25. The number of carbonyl (C=O) groups is 1. The van der Waals surface area contributed by atoms with Crippen LogP contribution >= 0.6 is 0 Å². The first-order chi connectivity index (χ1) is 6.24. The van der Waals surface area contributed by atoms with Gasteiger partial charge in [-0.05, 0) is 12.3 Å². The van der Waals surface area contributed by atoms with Crippen LogP contribution in [0.1, 0.15) is 19.3 Å². The number of aliphatic carboxylic acids is 1. The summed E-state index contributed by atoms with van der Waals surface area (Å²) in [5, 5.41) is 11.9. The quantitative estimate of drug-likeness (QED) is 0.604. The monoisotopic (exact) mass is 179 g/mol. The van der Waals surface area contributed by atoms with Crippen LogP contribution in [0.4, 0.5) is 0 Å². The Morgan fingerprint density at radius 2 is 2.38 bits per heavy atom. The van der Waals surface area contributed by atoms with Gasteiger partial charge in [-0.1, -0.05) is 18.2 Å². The van der Waals surface area contributed by atoms with Crippen molar-refractivity contribution < 1.29 is 9.90 Å². The van der Waals surface area contributed by atoms with Crippen molar-refractivity contribution in [2.45, 2.75) is 25.3 Å². The van der Waals surface area contributed by atoms with E-state index in [1.807, 2.05) is 0 Å². The third kappa shape index (κ3) is 2.93. The van der Waals surface area contributed by atoms with Gasteiger partial charge in [-0.15, -0.1) is 0 Å². The third-order valence-electron chi connectivity index (χ3n) is 2.24. The Morgan fingerprint density at radius 3 is 2.85 bits per heavy atom. The largest absolute Gasteiger partial charge is 0.481 e. The second kappa shape index (κ2) is 3.24. The van der Waals surface area contributed by atoms with E-state index < -0.39 is 5.97 Å². The van der Waals surface area contributed by atoms with E-state index in [9.17, 15) is 4.79 Å². The normalized spacial score (nSPS) is 20.8. The first-order valence-corrected chi connectivity index (χ1v) is 4.60. The van der Waals surface area contributed by atoms with Gasteiger partial charge >= 0.3 is 5.97 Å². The molecule has 2 rings (SSSR count). The van der Waals surface area contributed by atoms with Gasteiger partial charge in [0.05, 0.1) is 6.42 Å². The molecular formula is C10H13NO2. The molecule has 0 heterocycles. The predicted octanol–water partition coefficient (Wildman–Crippen LogP) is 1.28. The summed E-state index contributed by atoms with van der Waals surface area (Å²) in [6, 6.07) is 0.103. The molecule has 3 nitrogen and oxygen atoms in total. The van der Waals surface area contributed by atoms with Crippen molar-refractivity contribution in [1.29, 1.82) is 0 Å². The number of hydrogen-bond acceptors (Lipinski definition) is 2. The van der Waals surface area contributed by atoms with Crippen LogP contribution in [0.3, 0.4) is 0 Å². The van der Waals surface area contributed by atoms with E-state index in [2.05, 4.69) is 23.5 Å². The van der Waals surface area contributed by atoms with Crippen molar-refractivity contribution >= 4 is 5.97 Å².